The van der Waals surface area contributed by atoms with E-state index in [9.17, 15) is 35.1 Å². The molecule has 48 heavy (non-hydrogen) atoms. The maximum Gasteiger partial charge on any atom is 0.419 e. The Labute approximate surface area is 269 Å². The molecule has 248 valence electrons. The Morgan fingerprint density at radius 2 is 1.19 bits per heavy atom. The molecule has 0 aliphatic carbocycles. The zero-order chi connectivity index (χ0) is 34.6. The molecular weight excluding hydrogens is 647 g/mol. The molecule has 12 heteroatoms. The Morgan fingerprint density at radius 1 is 0.646 bits per heavy atom. The van der Waals surface area contributed by atoms with E-state index in [4.69, 9.17) is 0 Å². The van der Waals surface area contributed by atoms with Gasteiger partial charge in [0.2, 0.25) is 0 Å². The van der Waals surface area contributed by atoms with Crippen LogP contribution in [0.25, 0.3) is 39.7 Å². The summed E-state index contributed by atoms with van der Waals surface area (Å²) in [5, 5.41) is 0. The van der Waals surface area contributed by atoms with E-state index in [1.807, 2.05) is 0 Å². The Balaban J connectivity index is 1.30. The summed E-state index contributed by atoms with van der Waals surface area (Å²) in [5.74, 6) is -10.0. The predicted molar refractivity (Wildman–Crippen MR) is 162 cm³/mol. The predicted octanol–water partition coefficient (Wildman–Crippen LogP) is 10.9. The fraction of sp³-hybridized carbons (Fsp3) is 0.167. The first-order valence-corrected chi connectivity index (χ1v) is 14.7. The van der Waals surface area contributed by atoms with Crippen molar-refractivity contribution in [3.8, 4) is 39.4 Å². The standard InChI is InChI=1S/C36H25F9N2O/c1-2-3-4-5-20-18-46-35(47-19-20)21-6-8-25(28(37)12-21)22-13-29(38)27(30(39)14-22)10-11-36(44,45)48-24-7-9-26(31(40)17-24)23-15-32(41)34(43)33(42)16-23/h6-19H,2-5H2,1H3/b11-10+. The second-order valence-corrected chi connectivity index (χ2v) is 10.8. The summed E-state index contributed by atoms with van der Waals surface area (Å²) in [6.45, 7) is 2.09. The molecule has 0 radical (unpaired) electrons. The fourth-order valence-corrected chi connectivity index (χ4v) is 4.88. The van der Waals surface area contributed by atoms with Gasteiger partial charge in [0, 0.05) is 46.8 Å². The number of alkyl halides is 2. The second kappa shape index (κ2) is 14.3. The van der Waals surface area contributed by atoms with E-state index in [1.165, 1.54) is 12.1 Å². The third kappa shape index (κ3) is 7.87. The van der Waals surface area contributed by atoms with Gasteiger partial charge in [-0.1, -0.05) is 31.9 Å². The molecule has 0 N–H and O–H groups in total. The molecule has 5 aromatic rings. The summed E-state index contributed by atoms with van der Waals surface area (Å²) < 4.78 is 133. The molecular formula is C36H25F9N2O. The zero-order valence-electron chi connectivity index (χ0n) is 25.1. The first-order valence-electron chi connectivity index (χ1n) is 14.7. The summed E-state index contributed by atoms with van der Waals surface area (Å²) in [7, 11) is 0. The highest BCUT2D eigenvalue weighted by Crippen LogP contribution is 2.33. The molecule has 0 spiro atoms. The van der Waals surface area contributed by atoms with Gasteiger partial charge in [0.15, 0.2) is 23.3 Å². The molecule has 4 aromatic carbocycles. The largest absolute Gasteiger partial charge is 0.429 e. The lowest BCUT2D eigenvalue weighted by atomic mass is 10.0. The molecule has 5 rings (SSSR count). The van der Waals surface area contributed by atoms with Crippen LogP contribution in [0.5, 0.6) is 5.75 Å². The van der Waals surface area contributed by atoms with Crippen LogP contribution in [0.4, 0.5) is 39.5 Å². The number of aryl methyl sites for hydroxylation is 1. The minimum absolute atomic E-state index is 0.0230. The highest BCUT2D eigenvalue weighted by atomic mass is 19.3. The number of hydrogen-bond acceptors (Lipinski definition) is 3. The van der Waals surface area contributed by atoms with Gasteiger partial charge in [-0.15, -0.1) is 0 Å². The van der Waals surface area contributed by atoms with Crippen LogP contribution >= 0.6 is 0 Å². The van der Waals surface area contributed by atoms with Gasteiger partial charge in [-0.3, -0.25) is 0 Å². The van der Waals surface area contributed by atoms with E-state index in [1.54, 1.807) is 12.4 Å². The van der Waals surface area contributed by atoms with Gasteiger partial charge in [-0.2, -0.15) is 8.78 Å². The lowest BCUT2D eigenvalue weighted by Gasteiger charge is -2.15. The van der Waals surface area contributed by atoms with Crippen LogP contribution in [-0.2, 0) is 6.42 Å². The van der Waals surface area contributed by atoms with Crippen molar-refractivity contribution in [1.82, 2.24) is 9.97 Å². The third-order valence-electron chi connectivity index (χ3n) is 7.32. The van der Waals surface area contributed by atoms with Crippen molar-refractivity contribution in [2.45, 2.75) is 38.7 Å². The highest BCUT2D eigenvalue weighted by molar-refractivity contribution is 5.70. The van der Waals surface area contributed by atoms with Crippen LogP contribution in [0.2, 0.25) is 0 Å². The van der Waals surface area contributed by atoms with Crippen LogP contribution in [0.15, 0.2) is 79.1 Å². The van der Waals surface area contributed by atoms with Crippen molar-refractivity contribution in [2.24, 2.45) is 0 Å². The maximum absolute atomic E-state index is 15.1. The summed E-state index contributed by atoms with van der Waals surface area (Å²) in [6, 6.07) is 8.71. The van der Waals surface area contributed by atoms with Crippen LogP contribution in [0, 0.1) is 40.7 Å². The molecule has 0 unspecified atom stereocenters. The third-order valence-corrected chi connectivity index (χ3v) is 7.32. The van der Waals surface area contributed by atoms with Crippen molar-refractivity contribution in [3.63, 3.8) is 0 Å². The normalized spacial score (nSPS) is 11.8. The van der Waals surface area contributed by atoms with E-state index in [2.05, 4.69) is 21.6 Å². The first kappa shape index (κ1) is 34.2. The number of benzene rings is 4. The van der Waals surface area contributed by atoms with Crippen LogP contribution in [0.3, 0.4) is 0 Å². The van der Waals surface area contributed by atoms with Crippen LogP contribution in [-0.4, -0.2) is 16.1 Å². The molecule has 0 aliphatic rings. The Morgan fingerprint density at radius 3 is 1.75 bits per heavy atom. The van der Waals surface area contributed by atoms with Gasteiger partial charge in [0.05, 0.1) is 0 Å². The number of unbranched alkanes of at least 4 members (excludes halogenated alkanes) is 2. The van der Waals surface area contributed by atoms with E-state index < -0.39 is 69.3 Å². The number of nitrogens with zero attached hydrogens (tertiary/aromatic N) is 2. The zero-order valence-corrected chi connectivity index (χ0v) is 25.1. The summed E-state index contributed by atoms with van der Waals surface area (Å²) in [6.07, 6.45) is 3.49. The van der Waals surface area contributed by atoms with Gasteiger partial charge in [-0.25, -0.2) is 40.7 Å². The minimum Gasteiger partial charge on any atom is -0.429 e. The van der Waals surface area contributed by atoms with Gasteiger partial charge in [0.1, 0.15) is 29.0 Å². The Bertz CT molecular complexity index is 1930. The van der Waals surface area contributed by atoms with Crippen molar-refractivity contribution in [3.05, 3.63) is 131 Å². The van der Waals surface area contributed by atoms with Gasteiger partial charge >= 0.3 is 6.11 Å². The van der Waals surface area contributed by atoms with Crippen LogP contribution in [0.1, 0.15) is 37.3 Å². The maximum atomic E-state index is 15.1. The second-order valence-electron chi connectivity index (χ2n) is 10.8. The van der Waals surface area contributed by atoms with Gasteiger partial charge in [0.25, 0.3) is 0 Å². The van der Waals surface area contributed by atoms with Gasteiger partial charge in [-0.05, 0) is 78.1 Å². The quantitative estimate of drug-likeness (QED) is 0.0796. The van der Waals surface area contributed by atoms with Gasteiger partial charge < -0.3 is 4.74 Å². The van der Waals surface area contributed by atoms with Crippen molar-refractivity contribution in [2.75, 3.05) is 0 Å². The molecule has 3 nitrogen and oxygen atoms in total. The highest BCUT2D eigenvalue weighted by Gasteiger charge is 2.29. The number of rotatable bonds is 11. The van der Waals surface area contributed by atoms with E-state index in [-0.39, 0.29) is 23.0 Å². The molecule has 1 heterocycles. The van der Waals surface area contributed by atoms with Crippen molar-refractivity contribution >= 4 is 6.08 Å². The smallest absolute Gasteiger partial charge is 0.419 e. The van der Waals surface area contributed by atoms with Crippen molar-refractivity contribution < 1.29 is 44.3 Å². The van der Waals surface area contributed by atoms with Crippen LogP contribution < -0.4 is 4.74 Å². The average molecular weight is 673 g/mol. The number of aromatic nitrogens is 2. The average Bonchev–Trinajstić information content (AvgIpc) is 3.03. The molecule has 0 amide bonds. The first-order chi connectivity index (χ1) is 22.8. The molecule has 0 bridgehead atoms. The topological polar surface area (TPSA) is 35.0 Å². The molecule has 0 atom stereocenters. The lowest BCUT2D eigenvalue weighted by molar-refractivity contribution is -0.131. The van der Waals surface area contributed by atoms with E-state index >= 15 is 4.39 Å². The van der Waals surface area contributed by atoms with Crippen molar-refractivity contribution in [1.29, 1.82) is 0 Å². The number of halogens is 9. The molecule has 0 aliphatic heterocycles. The summed E-state index contributed by atoms with van der Waals surface area (Å²) >= 11 is 0. The molecule has 0 fully saturated rings. The number of hydrogen-bond donors (Lipinski definition) is 0. The molecule has 0 saturated carbocycles. The number of ether oxygens (including phenoxy) is 1. The van der Waals surface area contributed by atoms with E-state index in [0.29, 0.717) is 29.8 Å². The fourth-order valence-electron chi connectivity index (χ4n) is 4.88. The molecule has 0 saturated heterocycles. The monoisotopic (exact) mass is 672 g/mol. The molecule has 1 aromatic heterocycles. The summed E-state index contributed by atoms with van der Waals surface area (Å²) in [5.41, 5.74) is -0.789. The SMILES string of the molecule is CCCCCc1cnc(-c2ccc(-c3cc(F)c(/C=C/C(F)(F)Oc4ccc(-c5cc(F)c(F)c(F)c5)c(F)c4)c(F)c3)c(F)c2)nc1. The minimum atomic E-state index is -4.21. The summed E-state index contributed by atoms with van der Waals surface area (Å²) in [4.78, 5) is 8.55. The lowest BCUT2D eigenvalue weighted by Crippen LogP contribution is -2.21. The van der Waals surface area contributed by atoms with E-state index in [0.717, 1.165) is 61.6 Å². The Kier molecular flexibility index (Phi) is 10.2. The Hall–Kier alpha value is -5.13.